The Labute approximate surface area is 132 Å². The lowest BCUT2D eigenvalue weighted by Crippen LogP contribution is -2.42. The SMILES string of the molecule is CCCN1C(=O)[C@H](N)N=C(C2CCCCC2)c2ccccc21. The highest BCUT2D eigenvalue weighted by atomic mass is 16.2. The fourth-order valence-corrected chi connectivity index (χ4v) is 3.63. The summed E-state index contributed by atoms with van der Waals surface area (Å²) in [5.41, 5.74) is 9.23. The van der Waals surface area contributed by atoms with Gasteiger partial charge in [-0.05, 0) is 25.3 Å². The van der Waals surface area contributed by atoms with Gasteiger partial charge in [0.2, 0.25) is 0 Å². The molecule has 1 fully saturated rings. The molecule has 0 saturated heterocycles. The van der Waals surface area contributed by atoms with Gasteiger partial charge >= 0.3 is 0 Å². The van der Waals surface area contributed by atoms with Crippen LogP contribution in [0.3, 0.4) is 0 Å². The predicted octanol–water partition coefficient (Wildman–Crippen LogP) is 3.10. The molecule has 2 aliphatic rings. The van der Waals surface area contributed by atoms with Crippen molar-refractivity contribution < 1.29 is 4.79 Å². The van der Waals surface area contributed by atoms with E-state index in [4.69, 9.17) is 5.73 Å². The van der Waals surface area contributed by atoms with Crippen LogP contribution in [0.25, 0.3) is 0 Å². The van der Waals surface area contributed by atoms with E-state index in [2.05, 4.69) is 18.0 Å². The number of nitrogens with two attached hydrogens (primary N) is 1. The highest BCUT2D eigenvalue weighted by Crippen LogP contribution is 2.33. The van der Waals surface area contributed by atoms with Crippen LogP contribution >= 0.6 is 0 Å². The minimum Gasteiger partial charge on any atom is -0.309 e. The molecule has 0 radical (unpaired) electrons. The van der Waals surface area contributed by atoms with E-state index in [1.54, 1.807) is 0 Å². The number of carbonyl (C=O) groups is 1. The Morgan fingerprint density at radius 3 is 2.68 bits per heavy atom. The Morgan fingerprint density at radius 2 is 1.95 bits per heavy atom. The van der Waals surface area contributed by atoms with Crippen molar-refractivity contribution in [3.8, 4) is 0 Å². The zero-order valence-corrected chi connectivity index (χ0v) is 13.3. The van der Waals surface area contributed by atoms with Crippen LogP contribution in [-0.4, -0.2) is 24.3 Å². The molecular formula is C18H25N3O. The molecule has 118 valence electrons. The smallest absolute Gasteiger partial charge is 0.266 e. The monoisotopic (exact) mass is 299 g/mol. The van der Waals surface area contributed by atoms with Gasteiger partial charge in [0, 0.05) is 23.7 Å². The average Bonchev–Trinajstić information content (AvgIpc) is 2.67. The minimum atomic E-state index is -0.768. The van der Waals surface area contributed by atoms with E-state index in [0.717, 1.165) is 36.2 Å². The molecule has 0 bridgehead atoms. The number of amides is 1. The summed E-state index contributed by atoms with van der Waals surface area (Å²) in [6.07, 6.45) is 6.24. The first-order valence-corrected chi connectivity index (χ1v) is 8.46. The first-order valence-electron chi connectivity index (χ1n) is 8.46. The van der Waals surface area contributed by atoms with Gasteiger partial charge < -0.3 is 10.6 Å². The number of benzene rings is 1. The van der Waals surface area contributed by atoms with Gasteiger partial charge in [-0.25, -0.2) is 0 Å². The molecule has 1 aliphatic carbocycles. The molecule has 1 aromatic carbocycles. The van der Waals surface area contributed by atoms with Crippen LogP contribution in [0.2, 0.25) is 0 Å². The van der Waals surface area contributed by atoms with Gasteiger partial charge in [0.15, 0.2) is 6.17 Å². The number of anilines is 1. The third kappa shape index (κ3) is 2.80. The summed E-state index contributed by atoms with van der Waals surface area (Å²) in [6.45, 7) is 2.77. The summed E-state index contributed by atoms with van der Waals surface area (Å²) < 4.78 is 0. The summed E-state index contributed by atoms with van der Waals surface area (Å²) in [5.74, 6) is 0.357. The molecule has 4 heteroatoms. The Kier molecular flexibility index (Phi) is 4.57. The van der Waals surface area contributed by atoms with Crippen molar-refractivity contribution in [3.05, 3.63) is 29.8 Å². The minimum absolute atomic E-state index is 0.0832. The first-order chi connectivity index (χ1) is 10.7. The van der Waals surface area contributed by atoms with Crippen molar-refractivity contribution >= 4 is 17.3 Å². The predicted molar refractivity (Wildman–Crippen MR) is 90.2 cm³/mol. The standard InChI is InChI=1S/C18H25N3O/c1-2-12-21-15-11-7-6-10-14(15)16(20-17(19)18(21)22)13-8-4-3-5-9-13/h6-7,10-11,13,17H,2-5,8-9,12,19H2,1H3/t17-/m1/s1. The second-order valence-corrected chi connectivity index (χ2v) is 6.30. The van der Waals surface area contributed by atoms with Crippen molar-refractivity contribution in [2.75, 3.05) is 11.4 Å². The van der Waals surface area contributed by atoms with Gasteiger partial charge in [-0.2, -0.15) is 0 Å². The molecule has 0 unspecified atom stereocenters. The van der Waals surface area contributed by atoms with Crippen molar-refractivity contribution in [2.24, 2.45) is 16.6 Å². The average molecular weight is 299 g/mol. The Balaban J connectivity index is 2.06. The normalized spacial score (nSPS) is 23.0. The van der Waals surface area contributed by atoms with Crippen LogP contribution in [0.1, 0.15) is 51.0 Å². The van der Waals surface area contributed by atoms with Crippen LogP contribution in [0.4, 0.5) is 5.69 Å². The fourth-order valence-electron chi connectivity index (χ4n) is 3.63. The molecule has 1 saturated carbocycles. The number of nitrogens with zero attached hydrogens (tertiary/aromatic N) is 2. The molecule has 3 rings (SSSR count). The van der Waals surface area contributed by atoms with Crippen LogP contribution < -0.4 is 10.6 Å². The van der Waals surface area contributed by atoms with Crippen LogP contribution in [0.5, 0.6) is 0 Å². The third-order valence-corrected chi connectivity index (χ3v) is 4.71. The largest absolute Gasteiger partial charge is 0.309 e. The Morgan fingerprint density at radius 1 is 1.23 bits per heavy atom. The number of carbonyl (C=O) groups excluding carboxylic acids is 1. The van der Waals surface area contributed by atoms with E-state index in [0.29, 0.717) is 12.5 Å². The topological polar surface area (TPSA) is 58.7 Å². The van der Waals surface area contributed by atoms with Crippen molar-refractivity contribution in [1.82, 2.24) is 0 Å². The van der Waals surface area contributed by atoms with Crippen molar-refractivity contribution in [2.45, 2.75) is 51.6 Å². The molecule has 1 amide bonds. The van der Waals surface area contributed by atoms with Gasteiger partial charge in [0.25, 0.3) is 5.91 Å². The quantitative estimate of drug-likeness (QED) is 0.932. The molecule has 1 aromatic rings. The van der Waals surface area contributed by atoms with E-state index in [1.807, 2.05) is 23.1 Å². The molecule has 0 aromatic heterocycles. The molecule has 22 heavy (non-hydrogen) atoms. The van der Waals surface area contributed by atoms with Gasteiger partial charge in [0.1, 0.15) is 0 Å². The molecule has 0 spiro atoms. The molecule has 4 nitrogen and oxygen atoms in total. The zero-order chi connectivity index (χ0) is 15.5. The van der Waals surface area contributed by atoms with Gasteiger partial charge in [0.05, 0.1) is 5.69 Å². The molecule has 1 atom stereocenters. The number of rotatable bonds is 3. The number of fused-ring (bicyclic) bond motifs is 1. The number of hydrogen-bond acceptors (Lipinski definition) is 3. The molecular weight excluding hydrogens is 274 g/mol. The third-order valence-electron chi connectivity index (χ3n) is 4.71. The maximum atomic E-state index is 12.6. The first kappa shape index (κ1) is 15.2. The summed E-state index contributed by atoms with van der Waals surface area (Å²) in [4.78, 5) is 19.1. The Hall–Kier alpha value is -1.68. The van der Waals surface area contributed by atoms with Crippen molar-refractivity contribution in [1.29, 1.82) is 0 Å². The number of hydrogen-bond donors (Lipinski definition) is 1. The number of aliphatic imine (C=N–C) groups is 1. The summed E-state index contributed by atoms with van der Waals surface area (Å²) in [5, 5.41) is 0. The van der Waals surface area contributed by atoms with Gasteiger partial charge in [-0.3, -0.25) is 9.79 Å². The van der Waals surface area contributed by atoms with E-state index in [9.17, 15) is 4.79 Å². The zero-order valence-electron chi connectivity index (χ0n) is 13.3. The van der Waals surface area contributed by atoms with Crippen molar-refractivity contribution in [3.63, 3.8) is 0 Å². The lowest BCUT2D eigenvalue weighted by atomic mass is 9.83. The maximum Gasteiger partial charge on any atom is 0.266 e. The van der Waals surface area contributed by atoms with E-state index < -0.39 is 6.17 Å². The molecule has 2 N–H and O–H groups in total. The summed E-state index contributed by atoms with van der Waals surface area (Å²) in [7, 11) is 0. The van der Waals surface area contributed by atoms with E-state index in [-0.39, 0.29) is 5.91 Å². The lowest BCUT2D eigenvalue weighted by Gasteiger charge is -2.26. The van der Waals surface area contributed by atoms with Crippen LogP contribution in [-0.2, 0) is 4.79 Å². The second kappa shape index (κ2) is 6.61. The number of benzodiazepines with no additional fused rings is 1. The van der Waals surface area contributed by atoms with Crippen LogP contribution in [0, 0.1) is 5.92 Å². The van der Waals surface area contributed by atoms with Gasteiger partial charge in [-0.15, -0.1) is 0 Å². The number of para-hydroxylation sites is 1. The summed E-state index contributed by atoms with van der Waals surface area (Å²) >= 11 is 0. The summed E-state index contributed by atoms with van der Waals surface area (Å²) in [6, 6.07) is 8.14. The van der Waals surface area contributed by atoms with Gasteiger partial charge in [-0.1, -0.05) is 44.4 Å². The highest BCUT2D eigenvalue weighted by Gasteiger charge is 2.31. The fraction of sp³-hybridized carbons (Fsp3) is 0.556. The van der Waals surface area contributed by atoms with E-state index in [1.165, 1.54) is 19.3 Å². The second-order valence-electron chi connectivity index (χ2n) is 6.30. The lowest BCUT2D eigenvalue weighted by molar-refractivity contribution is -0.119. The maximum absolute atomic E-state index is 12.6. The Bertz CT molecular complexity index is 575. The molecule has 1 aliphatic heterocycles. The molecule has 1 heterocycles. The van der Waals surface area contributed by atoms with E-state index >= 15 is 0 Å². The highest BCUT2D eigenvalue weighted by molar-refractivity contribution is 6.13. The van der Waals surface area contributed by atoms with Crippen LogP contribution in [0.15, 0.2) is 29.3 Å².